The normalized spacial score (nSPS) is 8.83. The predicted molar refractivity (Wildman–Crippen MR) is 48.3 cm³/mol. The van der Waals surface area contributed by atoms with Gasteiger partial charge in [0.2, 0.25) is 0 Å². The van der Waals surface area contributed by atoms with E-state index in [1.165, 1.54) is 0 Å². The van der Waals surface area contributed by atoms with Crippen LogP contribution < -0.4 is 0 Å². The maximum Gasteiger partial charge on any atom is 0.416 e. The molecule has 0 radical (unpaired) electrons. The first-order chi connectivity index (χ1) is 5.76. The molecule has 0 aromatic heterocycles. The molecule has 0 saturated carbocycles. The molecule has 0 aliphatic rings. The van der Waals surface area contributed by atoms with Crippen LogP contribution in [0.5, 0.6) is 0 Å². The van der Waals surface area contributed by atoms with Crippen LogP contribution in [-0.4, -0.2) is 35.1 Å². The molecule has 4 nitrogen and oxygen atoms in total. The molecule has 12 heavy (non-hydrogen) atoms. The molecule has 0 atom stereocenters. The Morgan fingerprint density at radius 1 is 1.67 bits per heavy atom. The first kappa shape index (κ1) is 11.2. The molecule has 0 N–H and O–H groups in total. The van der Waals surface area contributed by atoms with E-state index in [0.29, 0.717) is 13.0 Å². The molecule has 0 rings (SSSR count). The molecule has 0 bridgehead atoms. The third-order valence-corrected chi connectivity index (χ3v) is 1.79. The zero-order valence-corrected chi connectivity index (χ0v) is 8.06. The summed E-state index contributed by atoms with van der Waals surface area (Å²) in [4.78, 5) is 13.8. The summed E-state index contributed by atoms with van der Waals surface area (Å²) in [6.07, 6.45) is 2.31. The lowest BCUT2D eigenvalue weighted by molar-refractivity contribution is -0.140. The van der Waals surface area contributed by atoms with Gasteiger partial charge in [0.05, 0.1) is 6.42 Å². The number of ether oxygens (including phenoxy) is 1. The highest BCUT2D eigenvalue weighted by Crippen LogP contribution is 1.92. The van der Waals surface area contributed by atoms with E-state index in [1.54, 1.807) is 18.7 Å². The maximum atomic E-state index is 11.0. The van der Waals surface area contributed by atoms with Crippen LogP contribution in [0.2, 0.25) is 0 Å². The number of rotatable bonds is 5. The van der Waals surface area contributed by atoms with E-state index in [2.05, 4.69) is 4.79 Å². The van der Waals surface area contributed by atoms with Gasteiger partial charge in [-0.2, -0.15) is 16.6 Å². The van der Waals surface area contributed by atoms with Crippen molar-refractivity contribution < 1.29 is 14.3 Å². The van der Waals surface area contributed by atoms with Gasteiger partial charge in [0.25, 0.3) is 0 Å². The van der Waals surface area contributed by atoms with Crippen LogP contribution in [0.3, 0.4) is 0 Å². The number of hydrogen-bond acceptors (Lipinski definition) is 3. The molecular weight excluding hydrogens is 176 g/mol. The minimum Gasteiger partial charge on any atom is -0.456 e. The summed E-state index contributed by atoms with van der Waals surface area (Å²) >= 11 is 1.59. The Hall–Kier alpha value is -0.800. The summed E-state index contributed by atoms with van der Waals surface area (Å²) in [6, 6.07) is 0. The Balaban J connectivity index is 3.79. The zero-order valence-electron chi connectivity index (χ0n) is 7.24. The molecule has 0 aromatic carbocycles. The number of hydrogen-bond donors (Lipinski definition) is 0. The van der Waals surface area contributed by atoms with E-state index in [9.17, 15) is 4.79 Å². The molecule has 0 saturated heterocycles. The van der Waals surface area contributed by atoms with Crippen LogP contribution in [0.4, 0.5) is 0 Å². The van der Waals surface area contributed by atoms with E-state index in [-0.39, 0.29) is 5.71 Å². The Morgan fingerprint density at radius 3 is 2.75 bits per heavy atom. The Kier molecular flexibility index (Phi) is 6.42. The molecule has 0 aromatic rings. The van der Waals surface area contributed by atoms with Crippen molar-refractivity contribution in [3.8, 4) is 0 Å². The molecule has 0 aliphatic carbocycles. The number of carbonyl (C=O) groups excluding carboxylic acids is 1. The first-order valence-corrected chi connectivity index (χ1v) is 5.02. The van der Waals surface area contributed by atoms with Gasteiger partial charge in [0.15, 0.2) is 0 Å². The molecule has 0 aliphatic heterocycles. The smallest absolute Gasteiger partial charge is 0.416 e. The summed E-state index contributed by atoms with van der Waals surface area (Å²) < 4.78 is 4.78. The molecule has 5 heteroatoms. The summed E-state index contributed by atoms with van der Waals surface area (Å²) in [5.74, 6) is 0.225. The van der Waals surface area contributed by atoms with E-state index in [1.807, 2.05) is 6.26 Å². The average Bonchev–Trinajstić information content (AvgIpc) is 2.07. The second-order valence-electron chi connectivity index (χ2n) is 2.03. The first-order valence-electron chi connectivity index (χ1n) is 3.63. The monoisotopic (exact) mass is 188 g/mol. The highest BCUT2D eigenvalue weighted by Gasteiger charge is 2.18. The van der Waals surface area contributed by atoms with Crippen LogP contribution in [0, 0.1) is 0 Å². The molecule has 0 amide bonds. The van der Waals surface area contributed by atoms with Crippen molar-refractivity contribution in [3.63, 3.8) is 0 Å². The Morgan fingerprint density at radius 2 is 2.33 bits per heavy atom. The highest BCUT2D eigenvalue weighted by molar-refractivity contribution is 7.98. The fourth-order valence-corrected chi connectivity index (χ4v) is 0.807. The number of carbonyl (C=O) groups is 1. The topological polar surface area (TPSA) is 62.7 Å². The number of thioether (sulfide) groups is 1. The Labute approximate surface area is 75.9 Å². The van der Waals surface area contributed by atoms with Crippen molar-refractivity contribution in [2.45, 2.75) is 13.3 Å². The van der Waals surface area contributed by atoms with Gasteiger partial charge in [-0.05, 0) is 6.26 Å². The zero-order chi connectivity index (χ0) is 9.40. The van der Waals surface area contributed by atoms with Gasteiger partial charge in [0, 0.05) is 5.75 Å². The second-order valence-corrected chi connectivity index (χ2v) is 3.01. The van der Waals surface area contributed by atoms with Crippen molar-refractivity contribution >= 4 is 23.4 Å². The summed E-state index contributed by atoms with van der Waals surface area (Å²) in [7, 11) is 0. The minimum absolute atomic E-state index is 0.0658. The van der Waals surface area contributed by atoms with Crippen LogP contribution in [0.25, 0.3) is 5.53 Å². The van der Waals surface area contributed by atoms with Gasteiger partial charge in [-0.15, -0.1) is 0 Å². The molecule has 68 valence electrons. The number of nitrogens with zero attached hydrogens (tertiary/aromatic N) is 2. The van der Waals surface area contributed by atoms with Gasteiger partial charge in [-0.25, -0.2) is 4.79 Å². The van der Waals surface area contributed by atoms with Gasteiger partial charge in [0.1, 0.15) is 6.61 Å². The van der Waals surface area contributed by atoms with Crippen LogP contribution in [0.1, 0.15) is 13.3 Å². The van der Waals surface area contributed by atoms with E-state index < -0.39 is 5.97 Å². The maximum absolute atomic E-state index is 11.0. The lowest BCUT2D eigenvalue weighted by Crippen LogP contribution is -2.18. The van der Waals surface area contributed by atoms with E-state index >= 15 is 0 Å². The molecule has 0 spiro atoms. The van der Waals surface area contributed by atoms with Gasteiger partial charge in [-0.1, -0.05) is 6.92 Å². The summed E-state index contributed by atoms with van der Waals surface area (Å²) in [5, 5.41) is 0. The second kappa shape index (κ2) is 6.88. The number of esters is 1. The third kappa shape index (κ3) is 4.16. The van der Waals surface area contributed by atoms with Crippen molar-refractivity contribution in [1.82, 2.24) is 0 Å². The van der Waals surface area contributed by atoms with Gasteiger partial charge in [-0.3, -0.25) is 0 Å². The van der Waals surface area contributed by atoms with Crippen molar-refractivity contribution in [2.75, 3.05) is 18.6 Å². The largest absolute Gasteiger partial charge is 0.456 e. The SMILES string of the molecule is CCC(=[N+]=[N-])C(=O)OCCSC. The fourth-order valence-electron chi connectivity index (χ4n) is 0.557. The van der Waals surface area contributed by atoms with Crippen molar-refractivity contribution in [3.05, 3.63) is 5.53 Å². The summed E-state index contributed by atoms with van der Waals surface area (Å²) in [5.41, 5.74) is 8.40. The van der Waals surface area contributed by atoms with Crippen molar-refractivity contribution in [1.29, 1.82) is 0 Å². The van der Waals surface area contributed by atoms with Crippen molar-refractivity contribution in [2.24, 2.45) is 0 Å². The van der Waals surface area contributed by atoms with Crippen LogP contribution >= 0.6 is 11.8 Å². The van der Waals surface area contributed by atoms with Gasteiger partial charge >= 0.3 is 11.7 Å². The average molecular weight is 188 g/mol. The lowest BCUT2D eigenvalue weighted by atomic mass is 10.3. The quantitative estimate of drug-likeness (QED) is 0.212. The van der Waals surface area contributed by atoms with Gasteiger partial charge < -0.3 is 10.3 Å². The van der Waals surface area contributed by atoms with Crippen LogP contribution in [0.15, 0.2) is 0 Å². The third-order valence-electron chi connectivity index (χ3n) is 1.21. The molecule has 0 heterocycles. The lowest BCUT2D eigenvalue weighted by Gasteiger charge is -1.98. The highest BCUT2D eigenvalue weighted by atomic mass is 32.2. The molecular formula is C7H12N2O2S. The summed E-state index contributed by atoms with van der Waals surface area (Å²) in [6.45, 7) is 2.09. The Bertz CT molecular complexity index is 200. The van der Waals surface area contributed by atoms with Crippen LogP contribution in [-0.2, 0) is 9.53 Å². The predicted octanol–water partition coefficient (Wildman–Crippen LogP) is 0.973. The molecule has 0 unspecified atom stereocenters. The molecule has 0 fully saturated rings. The minimum atomic E-state index is -0.533. The van der Waals surface area contributed by atoms with E-state index in [0.717, 1.165) is 5.75 Å². The fraction of sp³-hybridized carbons (Fsp3) is 0.714. The standard InChI is InChI=1S/C7H12N2O2S/c1-3-6(9-8)7(10)11-4-5-12-2/h3-5H2,1-2H3. The van der Waals surface area contributed by atoms with E-state index in [4.69, 9.17) is 10.3 Å².